The van der Waals surface area contributed by atoms with E-state index in [0.717, 1.165) is 37.0 Å². The normalized spacial score (nSPS) is 23.4. The van der Waals surface area contributed by atoms with E-state index < -0.39 is 0 Å². The van der Waals surface area contributed by atoms with Crippen molar-refractivity contribution >= 4 is 5.69 Å². The maximum Gasteiger partial charge on any atom is 0.142 e. The van der Waals surface area contributed by atoms with Crippen LogP contribution in [0.25, 0.3) is 0 Å². The predicted octanol–water partition coefficient (Wildman–Crippen LogP) is 2.89. The Morgan fingerprint density at radius 1 is 1.37 bits per heavy atom. The minimum atomic E-state index is 0.234. The van der Waals surface area contributed by atoms with Gasteiger partial charge in [-0.25, -0.2) is 0 Å². The minimum Gasteiger partial charge on any atom is -0.485 e. The van der Waals surface area contributed by atoms with Crippen molar-refractivity contribution in [1.82, 2.24) is 5.32 Å². The summed E-state index contributed by atoms with van der Waals surface area (Å²) in [6.07, 6.45) is 2.99. The summed E-state index contributed by atoms with van der Waals surface area (Å²) in [4.78, 5) is 0. The van der Waals surface area contributed by atoms with Gasteiger partial charge in [0.15, 0.2) is 0 Å². The number of benzene rings is 1. The maximum atomic E-state index is 6.00. The van der Waals surface area contributed by atoms with Gasteiger partial charge >= 0.3 is 0 Å². The average molecular weight is 260 g/mol. The van der Waals surface area contributed by atoms with Gasteiger partial charge in [-0.1, -0.05) is 26.0 Å². The summed E-state index contributed by atoms with van der Waals surface area (Å²) in [5.41, 5.74) is 1.68. The zero-order chi connectivity index (χ0) is 13.3. The number of rotatable bonds is 5. The van der Waals surface area contributed by atoms with Gasteiger partial charge in [-0.2, -0.15) is 0 Å². The average Bonchev–Trinajstić information content (AvgIpc) is 3.20. The van der Waals surface area contributed by atoms with Gasteiger partial charge in [0.05, 0.1) is 12.2 Å². The lowest BCUT2D eigenvalue weighted by atomic mass is 9.92. The zero-order valence-electron chi connectivity index (χ0n) is 11.9. The Kier molecular flexibility index (Phi) is 3.40. The van der Waals surface area contributed by atoms with Gasteiger partial charge in [0, 0.05) is 13.1 Å². The second-order valence-corrected chi connectivity index (χ2v) is 6.26. The predicted molar refractivity (Wildman–Crippen MR) is 78.7 cm³/mol. The molecule has 0 radical (unpaired) electrons. The lowest BCUT2D eigenvalue weighted by Crippen LogP contribution is -2.41. The lowest BCUT2D eigenvalue weighted by Gasteiger charge is -2.28. The van der Waals surface area contributed by atoms with Crippen molar-refractivity contribution in [2.45, 2.75) is 32.8 Å². The van der Waals surface area contributed by atoms with E-state index in [0.29, 0.717) is 5.41 Å². The lowest BCUT2D eigenvalue weighted by molar-refractivity contribution is 0.195. The van der Waals surface area contributed by atoms with Crippen LogP contribution in [-0.2, 0) is 0 Å². The molecule has 3 heteroatoms. The van der Waals surface area contributed by atoms with Crippen LogP contribution in [0.2, 0.25) is 0 Å². The van der Waals surface area contributed by atoms with Crippen molar-refractivity contribution in [3.8, 4) is 5.75 Å². The first-order chi connectivity index (χ1) is 9.20. The second-order valence-electron chi connectivity index (χ2n) is 6.26. The van der Waals surface area contributed by atoms with Crippen LogP contribution in [0.4, 0.5) is 5.69 Å². The molecule has 1 unspecified atom stereocenters. The molecular formula is C16H24N2O. The highest BCUT2D eigenvalue weighted by atomic mass is 16.5. The van der Waals surface area contributed by atoms with Crippen LogP contribution < -0.4 is 15.4 Å². The molecule has 1 aromatic rings. The van der Waals surface area contributed by atoms with E-state index >= 15 is 0 Å². The van der Waals surface area contributed by atoms with Crippen LogP contribution >= 0.6 is 0 Å². The molecular weight excluding hydrogens is 236 g/mol. The molecule has 104 valence electrons. The number of nitrogens with one attached hydrogen (secondary N) is 2. The van der Waals surface area contributed by atoms with E-state index in [2.05, 4.69) is 30.5 Å². The van der Waals surface area contributed by atoms with Gasteiger partial charge in [0.2, 0.25) is 0 Å². The molecule has 2 N–H and O–H groups in total. The molecule has 0 amide bonds. The molecule has 1 atom stereocenters. The largest absolute Gasteiger partial charge is 0.485 e. The summed E-state index contributed by atoms with van der Waals surface area (Å²) in [7, 11) is 0. The third-order valence-corrected chi connectivity index (χ3v) is 4.67. The van der Waals surface area contributed by atoms with Crippen LogP contribution in [0.3, 0.4) is 0 Å². The first-order valence-electron chi connectivity index (χ1n) is 7.40. The van der Waals surface area contributed by atoms with Crippen molar-refractivity contribution < 1.29 is 4.74 Å². The van der Waals surface area contributed by atoms with Crippen LogP contribution in [-0.4, -0.2) is 25.7 Å². The van der Waals surface area contributed by atoms with E-state index in [1.54, 1.807) is 0 Å². The summed E-state index contributed by atoms with van der Waals surface area (Å²) in [6.45, 7) is 7.62. The van der Waals surface area contributed by atoms with E-state index in [9.17, 15) is 0 Å². The highest BCUT2D eigenvalue weighted by Crippen LogP contribution is 2.51. The first-order valence-corrected chi connectivity index (χ1v) is 7.40. The fourth-order valence-corrected chi connectivity index (χ4v) is 2.88. The van der Waals surface area contributed by atoms with E-state index in [1.807, 2.05) is 18.2 Å². The standard InChI is InChI=1S/C16H24N2O/c1-12(2)16(7-8-16)11-17-9-13-10-18-14-5-3-4-6-15(14)19-13/h3-6,12-13,17-18H,7-11H2,1-2H3. The molecule has 1 heterocycles. The van der Waals surface area contributed by atoms with E-state index in [-0.39, 0.29) is 6.10 Å². The highest BCUT2D eigenvalue weighted by molar-refractivity contribution is 5.57. The number of ether oxygens (including phenoxy) is 1. The van der Waals surface area contributed by atoms with Crippen molar-refractivity contribution in [3.63, 3.8) is 0 Å². The van der Waals surface area contributed by atoms with Crippen molar-refractivity contribution in [3.05, 3.63) is 24.3 Å². The van der Waals surface area contributed by atoms with Gasteiger partial charge in [0.25, 0.3) is 0 Å². The molecule has 19 heavy (non-hydrogen) atoms. The van der Waals surface area contributed by atoms with Crippen molar-refractivity contribution in [1.29, 1.82) is 0 Å². The number of para-hydroxylation sites is 2. The summed E-state index contributed by atoms with van der Waals surface area (Å²) < 4.78 is 6.00. The number of hydrogen-bond acceptors (Lipinski definition) is 3. The summed E-state index contributed by atoms with van der Waals surface area (Å²) in [6, 6.07) is 8.16. The van der Waals surface area contributed by atoms with Crippen LogP contribution in [0.1, 0.15) is 26.7 Å². The van der Waals surface area contributed by atoms with Gasteiger partial charge in [0.1, 0.15) is 11.9 Å². The Bertz CT molecular complexity index is 440. The summed E-state index contributed by atoms with van der Waals surface area (Å²) >= 11 is 0. The Morgan fingerprint density at radius 2 is 2.16 bits per heavy atom. The topological polar surface area (TPSA) is 33.3 Å². The number of anilines is 1. The molecule has 1 fully saturated rings. The molecule has 3 rings (SSSR count). The molecule has 2 aliphatic rings. The molecule has 1 aromatic carbocycles. The van der Waals surface area contributed by atoms with Crippen molar-refractivity contribution in [2.24, 2.45) is 11.3 Å². The Morgan fingerprint density at radius 3 is 2.89 bits per heavy atom. The first kappa shape index (κ1) is 12.8. The SMILES string of the molecule is CC(C)C1(CNCC2CNc3ccccc3O2)CC1. The smallest absolute Gasteiger partial charge is 0.142 e. The van der Waals surface area contributed by atoms with E-state index in [1.165, 1.54) is 12.8 Å². The fraction of sp³-hybridized carbons (Fsp3) is 0.625. The van der Waals surface area contributed by atoms with Crippen LogP contribution in [0.5, 0.6) is 5.75 Å². The van der Waals surface area contributed by atoms with Gasteiger partial charge in [-0.15, -0.1) is 0 Å². The van der Waals surface area contributed by atoms with E-state index in [4.69, 9.17) is 4.74 Å². The second kappa shape index (κ2) is 5.04. The molecule has 0 aromatic heterocycles. The Labute approximate surface area is 115 Å². The number of fused-ring (bicyclic) bond motifs is 1. The Balaban J connectivity index is 1.48. The third-order valence-electron chi connectivity index (χ3n) is 4.67. The molecule has 1 saturated carbocycles. The minimum absolute atomic E-state index is 0.234. The summed E-state index contributed by atoms with van der Waals surface area (Å²) in [5.74, 6) is 1.76. The third kappa shape index (κ3) is 2.71. The van der Waals surface area contributed by atoms with Gasteiger partial charge in [-0.3, -0.25) is 0 Å². The maximum absolute atomic E-state index is 6.00. The molecule has 3 nitrogen and oxygen atoms in total. The molecule has 0 bridgehead atoms. The van der Waals surface area contributed by atoms with Gasteiger partial charge < -0.3 is 15.4 Å². The monoisotopic (exact) mass is 260 g/mol. The zero-order valence-corrected chi connectivity index (χ0v) is 11.9. The fourth-order valence-electron chi connectivity index (χ4n) is 2.88. The van der Waals surface area contributed by atoms with Crippen LogP contribution in [0.15, 0.2) is 24.3 Å². The van der Waals surface area contributed by atoms with Crippen molar-refractivity contribution in [2.75, 3.05) is 25.0 Å². The Hall–Kier alpha value is -1.22. The molecule has 1 aliphatic carbocycles. The summed E-state index contributed by atoms with van der Waals surface area (Å²) in [5, 5.41) is 7.04. The molecule has 1 aliphatic heterocycles. The molecule has 0 saturated heterocycles. The van der Waals surface area contributed by atoms with Crippen LogP contribution in [0, 0.1) is 11.3 Å². The quantitative estimate of drug-likeness (QED) is 0.854. The van der Waals surface area contributed by atoms with Gasteiger partial charge in [-0.05, 0) is 36.3 Å². The highest BCUT2D eigenvalue weighted by Gasteiger charge is 2.44. The number of hydrogen-bond donors (Lipinski definition) is 2. The molecule has 0 spiro atoms.